The van der Waals surface area contributed by atoms with E-state index in [0.717, 1.165) is 21.2 Å². The van der Waals surface area contributed by atoms with Gasteiger partial charge in [-0.1, -0.05) is 19.1 Å². The molecule has 0 bridgehead atoms. The predicted molar refractivity (Wildman–Crippen MR) is 171 cm³/mol. The topological polar surface area (TPSA) is 105 Å². The molecule has 0 aromatic heterocycles. The normalized spacial score (nSPS) is 12.6. The van der Waals surface area contributed by atoms with Gasteiger partial charge < -0.3 is 19.7 Å². The summed E-state index contributed by atoms with van der Waals surface area (Å²) in [4.78, 5) is 29.7. The van der Waals surface area contributed by atoms with Crippen LogP contribution in [0.5, 0.6) is 11.5 Å². The molecule has 0 aliphatic rings. The molecule has 3 rings (SSSR count). The van der Waals surface area contributed by atoms with Crippen molar-refractivity contribution in [3.8, 4) is 11.5 Å². The lowest BCUT2D eigenvalue weighted by atomic mass is 10.1. The summed E-state index contributed by atoms with van der Waals surface area (Å²) >= 11 is 1.50. The summed E-state index contributed by atoms with van der Waals surface area (Å²) in [5, 5.41) is 2.94. The summed E-state index contributed by atoms with van der Waals surface area (Å²) in [7, 11) is -2.60. The third-order valence-electron chi connectivity index (χ3n) is 7.04. The van der Waals surface area contributed by atoms with Crippen molar-refractivity contribution in [1.82, 2.24) is 10.2 Å². The fraction of sp³-hybridized carbons (Fsp3) is 0.375. The van der Waals surface area contributed by atoms with Crippen LogP contribution in [0.2, 0.25) is 0 Å². The SMILES string of the molecule is CCOc1ccc(N(CC(=O)N(Cc2ccc(OC)cc2)[C@H](C)C(=O)N[C@H](C)CC)S(=O)(=O)c2ccc(SC)cc2)cc1. The van der Waals surface area contributed by atoms with Gasteiger partial charge >= 0.3 is 0 Å². The summed E-state index contributed by atoms with van der Waals surface area (Å²) in [5.74, 6) is 0.389. The third-order valence-corrected chi connectivity index (χ3v) is 9.57. The molecule has 0 aliphatic heterocycles. The highest BCUT2D eigenvalue weighted by Gasteiger charge is 2.33. The number of hydrogen-bond donors (Lipinski definition) is 1. The number of rotatable bonds is 15. The first kappa shape index (κ1) is 33.8. The third kappa shape index (κ3) is 8.90. The van der Waals surface area contributed by atoms with E-state index in [1.54, 1.807) is 62.6 Å². The maximum atomic E-state index is 14.1. The Balaban J connectivity index is 2.03. The van der Waals surface area contributed by atoms with Crippen LogP contribution < -0.4 is 19.1 Å². The molecular formula is C32H41N3O6S2. The molecule has 0 saturated carbocycles. The average molecular weight is 628 g/mol. The van der Waals surface area contributed by atoms with Gasteiger partial charge in [0.15, 0.2) is 0 Å². The van der Waals surface area contributed by atoms with Crippen molar-refractivity contribution in [2.24, 2.45) is 0 Å². The predicted octanol–water partition coefficient (Wildman–Crippen LogP) is 5.34. The van der Waals surface area contributed by atoms with Crippen molar-refractivity contribution in [2.75, 3.05) is 30.8 Å². The summed E-state index contributed by atoms with van der Waals surface area (Å²) in [6.07, 6.45) is 2.63. The molecule has 43 heavy (non-hydrogen) atoms. The van der Waals surface area contributed by atoms with Crippen LogP contribution in [0, 0.1) is 0 Å². The maximum absolute atomic E-state index is 14.1. The smallest absolute Gasteiger partial charge is 0.264 e. The molecule has 3 aromatic rings. The minimum Gasteiger partial charge on any atom is -0.497 e. The zero-order valence-electron chi connectivity index (χ0n) is 25.6. The van der Waals surface area contributed by atoms with E-state index in [0.29, 0.717) is 23.8 Å². The molecule has 1 N–H and O–H groups in total. The molecule has 9 nitrogen and oxygen atoms in total. The van der Waals surface area contributed by atoms with E-state index in [9.17, 15) is 18.0 Å². The van der Waals surface area contributed by atoms with E-state index in [2.05, 4.69) is 5.32 Å². The molecule has 2 atom stereocenters. The summed E-state index contributed by atoms with van der Waals surface area (Å²) in [6, 6.07) is 19.3. The second-order valence-corrected chi connectivity index (χ2v) is 12.7. The van der Waals surface area contributed by atoms with Crippen molar-refractivity contribution in [3.05, 3.63) is 78.4 Å². The first-order valence-electron chi connectivity index (χ1n) is 14.2. The Bertz CT molecular complexity index is 1450. The molecule has 11 heteroatoms. The lowest BCUT2D eigenvalue weighted by Gasteiger charge is -2.32. The van der Waals surface area contributed by atoms with E-state index in [4.69, 9.17) is 9.47 Å². The minimum absolute atomic E-state index is 0.0521. The van der Waals surface area contributed by atoms with Crippen molar-refractivity contribution in [2.45, 2.75) is 62.5 Å². The number of ether oxygens (including phenoxy) is 2. The van der Waals surface area contributed by atoms with Gasteiger partial charge in [0.25, 0.3) is 10.0 Å². The fourth-order valence-corrected chi connectivity index (χ4v) is 6.08. The van der Waals surface area contributed by atoms with Gasteiger partial charge in [0, 0.05) is 17.5 Å². The lowest BCUT2D eigenvalue weighted by Crippen LogP contribution is -2.52. The molecule has 0 aliphatic carbocycles. The van der Waals surface area contributed by atoms with Crippen molar-refractivity contribution < 1.29 is 27.5 Å². The van der Waals surface area contributed by atoms with Gasteiger partial charge in [-0.15, -0.1) is 11.8 Å². The van der Waals surface area contributed by atoms with Crippen molar-refractivity contribution in [3.63, 3.8) is 0 Å². The molecule has 2 amide bonds. The Hall–Kier alpha value is -3.70. The number of nitrogens with zero attached hydrogens (tertiary/aromatic N) is 2. The number of sulfonamides is 1. The van der Waals surface area contributed by atoms with Crippen LogP contribution in [-0.2, 0) is 26.2 Å². The number of methoxy groups -OCH3 is 1. The summed E-state index contributed by atoms with van der Waals surface area (Å²) in [5.41, 5.74) is 1.06. The van der Waals surface area contributed by atoms with Gasteiger partial charge in [-0.3, -0.25) is 13.9 Å². The van der Waals surface area contributed by atoms with E-state index in [1.165, 1.54) is 28.8 Å². The first-order chi connectivity index (χ1) is 20.5. The monoisotopic (exact) mass is 627 g/mol. The highest BCUT2D eigenvalue weighted by Crippen LogP contribution is 2.28. The summed E-state index contributed by atoms with van der Waals surface area (Å²) < 4.78 is 40.0. The van der Waals surface area contributed by atoms with Crippen LogP contribution in [-0.4, -0.2) is 63.7 Å². The van der Waals surface area contributed by atoms with Gasteiger partial charge in [-0.2, -0.15) is 0 Å². The molecular weight excluding hydrogens is 587 g/mol. The second kappa shape index (κ2) is 15.7. The van der Waals surface area contributed by atoms with Crippen molar-refractivity contribution in [1.29, 1.82) is 0 Å². The Morgan fingerprint density at radius 3 is 2.05 bits per heavy atom. The molecule has 0 saturated heterocycles. The first-order valence-corrected chi connectivity index (χ1v) is 16.8. The highest BCUT2D eigenvalue weighted by molar-refractivity contribution is 7.98. The van der Waals surface area contributed by atoms with Gasteiger partial charge in [0.05, 0.1) is 24.3 Å². The number of carbonyl (C=O) groups is 2. The average Bonchev–Trinajstić information content (AvgIpc) is 3.02. The van der Waals surface area contributed by atoms with Crippen LogP contribution in [0.15, 0.2) is 82.6 Å². The quantitative estimate of drug-likeness (QED) is 0.227. The fourth-order valence-electron chi connectivity index (χ4n) is 4.25. The molecule has 0 fully saturated rings. The number of thioether (sulfide) groups is 1. The standard InChI is InChI=1S/C32H41N3O6S2/c1-7-23(3)33-32(37)24(4)34(21-25-9-13-27(40-5)14-10-25)31(36)22-35(26-11-15-28(16-12-26)41-8-2)43(38,39)30-19-17-29(42-6)18-20-30/h9-20,23-24H,7-8,21-22H2,1-6H3,(H,33,37)/t23-,24-/m1/s1. The number of anilines is 1. The van der Waals surface area contributed by atoms with Gasteiger partial charge in [-0.25, -0.2) is 8.42 Å². The molecule has 0 radical (unpaired) electrons. The number of benzene rings is 3. The zero-order chi connectivity index (χ0) is 31.6. The van der Waals surface area contributed by atoms with Gasteiger partial charge in [-0.05, 0) is 99.7 Å². The summed E-state index contributed by atoms with van der Waals surface area (Å²) in [6.45, 7) is 7.39. The number of hydrogen-bond acceptors (Lipinski definition) is 7. The zero-order valence-corrected chi connectivity index (χ0v) is 27.2. The Morgan fingerprint density at radius 2 is 1.51 bits per heavy atom. The highest BCUT2D eigenvalue weighted by atomic mass is 32.2. The molecule has 0 unspecified atom stereocenters. The van der Waals surface area contributed by atoms with Crippen LogP contribution in [0.4, 0.5) is 5.69 Å². The second-order valence-electron chi connectivity index (χ2n) is 9.98. The number of amides is 2. The maximum Gasteiger partial charge on any atom is 0.264 e. The Morgan fingerprint density at radius 1 is 0.907 bits per heavy atom. The van der Waals surface area contributed by atoms with Crippen LogP contribution in [0.25, 0.3) is 0 Å². The van der Waals surface area contributed by atoms with E-state index < -0.39 is 28.5 Å². The molecule has 232 valence electrons. The van der Waals surface area contributed by atoms with Crippen molar-refractivity contribution >= 4 is 39.3 Å². The van der Waals surface area contributed by atoms with Crippen LogP contribution >= 0.6 is 11.8 Å². The molecule has 0 spiro atoms. The Labute approximate surface area is 259 Å². The van der Waals surface area contributed by atoms with E-state index in [-0.39, 0.29) is 23.4 Å². The number of carbonyl (C=O) groups excluding carboxylic acids is 2. The molecule has 0 heterocycles. The molecule has 3 aromatic carbocycles. The largest absolute Gasteiger partial charge is 0.497 e. The van der Waals surface area contributed by atoms with Gasteiger partial charge in [0.2, 0.25) is 11.8 Å². The van der Waals surface area contributed by atoms with Gasteiger partial charge in [0.1, 0.15) is 24.1 Å². The number of nitrogens with one attached hydrogen (secondary N) is 1. The minimum atomic E-state index is -4.16. The Kier molecular flexibility index (Phi) is 12.3. The van der Waals surface area contributed by atoms with E-state index >= 15 is 0 Å². The van der Waals surface area contributed by atoms with Crippen LogP contribution in [0.3, 0.4) is 0 Å². The lowest BCUT2D eigenvalue weighted by molar-refractivity contribution is -0.139. The van der Waals surface area contributed by atoms with E-state index in [1.807, 2.05) is 39.2 Å². The van der Waals surface area contributed by atoms with Crippen LogP contribution in [0.1, 0.15) is 39.7 Å².